The van der Waals surface area contributed by atoms with Crippen LogP contribution in [0.2, 0.25) is 5.02 Å². The number of benzene rings is 1. The Bertz CT molecular complexity index is 367. The summed E-state index contributed by atoms with van der Waals surface area (Å²) in [5, 5.41) is 12.0. The minimum atomic E-state index is -0.606. The molecule has 0 aromatic heterocycles. The summed E-state index contributed by atoms with van der Waals surface area (Å²) in [6, 6.07) is 2.87. The third-order valence-corrected chi connectivity index (χ3v) is 2.73. The first-order chi connectivity index (χ1) is 7.20. The smallest absolute Gasteiger partial charge is 0.151 e. The number of phenols is 1. The lowest BCUT2D eigenvalue weighted by Crippen LogP contribution is -2.33. The highest BCUT2D eigenvalue weighted by Crippen LogP contribution is 2.32. The second-order valence-corrected chi connectivity index (χ2v) is 3.74. The number of hydrogen-bond donors (Lipinski definition) is 2. The Balaban J connectivity index is 2.31. The van der Waals surface area contributed by atoms with Gasteiger partial charge in [0.05, 0.1) is 12.7 Å². The van der Waals surface area contributed by atoms with Gasteiger partial charge in [0.1, 0.15) is 10.8 Å². The fourth-order valence-corrected chi connectivity index (χ4v) is 1.74. The summed E-state index contributed by atoms with van der Waals surface area (Å²) in [6.07, 6.45) is -0.336. The molecule has 1 saturated heterocycles. The van der Waals surface area contributed by atoms with E-state index >= 15 is 0 Å². The molecule has 0 saturated carbocycles. The molecule has 2 rings (SSSR count). The van der Waals surface area contributed by atoms with E-state index in [4.69, 9.17) is 16.3 Å². The summed E-state index contributed by atoms with van der Waals surface area (Å²) in [5.74, 6) is -0.855. The second kappa shape index (κ2) is 4.35. The molecule has 1 aliphatic heterocycles. The number of rotatable bonds is 1. The summed E-state index contributed by atoms with van der Waals surface area (Å²) in [5.41, 5.74) is 0.380. The highest BCUT2D eigenvalue weighted by Gasteiger charge is 2.21. The molecule has 1 heterocycles. The van der Waals surface area contributed by atoms with Gasteiger partial charge in [0.25, 0.3) is 0 Å². The molecule has 1 unspecified atom stereocenters. The predicted molar refractivity (Wildman–Crippen MR) is 54.6 cm³/mol. The summed E-state index contributed by atoms with van der Waals surface area (Å²) in [6.45, 7) is 1.87. The van der Waals surface area contributed by atoms with E-state index in [0.29, 0.717) is 18.7 Å². The SMILES string of the molecule is Oc1ccc(C2CNCCO2)c(F)c1Cl. The van der Waals surface area contributed by atoms with Gasteiger partial charge >= 0.3 is 0 Å². The van der Waals surface area contributed by atoms with Gasteiger partial charge in [0.2, 0.25) is 0 Å². The summed E-state index contributed by atoms with van der Waals surface area (Å²) in [4.78, 5) is 0. The van der Waals surface area contributed by atoms with Crippen molar-refractivity contribution in [2.75, 3.05) is 19.7 Å². The van der Waals surface area contributed by atoms with Crippen molar-refractivity contribution in [3.8, 4) is 5.75 Å². The van der Waals surface area contributed by atoms with E-state index in [-0.39, 0.29) is 16.9 Å². The maximum absolute atomic E-state index is 13.6. The number of aromatic hydroxyl groups is 1. The fourth-order valence-electron chi connectivity index (χ4n) is 1.57. The van der Waals surface area contributed by atoms with Crippen LogP contribution in [0.4, 0.5) is 4.39 Å². The van der Waals surface area contributed by atoms with Gasteiger partial charge in [-0.05, 0) is 12.1 Å². The average Bonchev–Trinajstić information content (AvgIpc) is 2.27. The maximum atomic E-state index is 13.6. The van der Waals surface area contributed by atoms with Crippen LogP contribution in [0.25, 0.3) is 0 Å². The molecule has 15 heavy (non-hydrogen) atoms. The van der Waals surface area contributed by atoms with E-state index in [2.05, 4.69) is 5.32 Å². The van der Waals surface area contributed by atoms with Gasteiger partial charge in [-0.3, -0.25) is 0 Å². The topological polar surface area (TPSA) is 41.5 Å². The number of morpholine rings is 1. The molecule has 1 atom stereocenters. The summed E-state index contributed by atoms with van der Waals surface area (Å²) < 4.78 is 19.0. The molecule has 3 nitrogen and oxygen atoms in total. The lowest BCUT2D eigenvalue weighted by molar-refractivity contribution is 0.0255. The number of phenolic OH excluding ortho intramolecular Hbond substituents is 1. The van der Waals surface area contributed by atoms with Crippen LogP contribution in [0, 0.1) is 5.82 Å². The molecule has 1 aromatic rings. The minimum Gasteiger partial charge on any atom is -0.506 e. The highest BCUT2D eigenvalue weighted by atomic mass is 35.5. The summed E-state index contributed by atoms with van der Waals surface area (Å²) >= 11 is 5.60. The Morgan fingerprint density at radius 2 is 2.33 bits per heavy atom. The van der Waals surface area contributed by atoms with E-state index < -0.39 is 5.82 Å². The first kappa shape index (κ1) is 10.7. The van der Waals surface area contributed by atoms with E-state index in [1.165, 1.54) is 12.1 Å². The lowest BCUT2D eigenvalue weighted by atomic mass is 10.1. The normalized spacial score (nSPS) is 21.6. The number of hydrogen-bond acceptors (Lipinski definition) is 3. The Hall–Kier alpha value is -0.840. The van der Waals surface area contributed by atoms with Crippen molar-refractivity contribution in [1.29, 1.82) is 0 Å². The van der Waals surface area contributed by atoms with Crippen molar-refractivity contribution in [1.82, 2.24) is 5.32 Å². The molecule has 1 aromatic carbocycles. The molecule has 2 N–H and O–H groups in total. The van der Waals surface area contributed by atoms with Crippen LogP contribution in [0.15, 0.2) is 12.1 Å². The fraction of sp³-hybridized carbons (Fsp3) is 0.400. The van der Waals surface area contributed by atoms with E-state index in [1.54, 1.807) is 0 Å². The van der Waals surface area contributed by atoms with Gasteiger partial charge in [-0.1, -0.05) is 11.6 Å². The van der Waals surface area contributed by atoms with Gasteiger partial charge in [0.15, 0.2) is 5.82 Å². The van der Waals surface area contributed by atoms with Crippen molar-refractivity contribution in [3.63, 3.8) is 0 Å². The van der Waals surface area contributed by atoms with Crippen LogP contribution in [-0.4, -0.2) is 24.8 Å². The Morgan fingerprint density at radius 1 is 1.53 bits per heavy atom. The van der Waals surface area contributed by atoms with Crippen LogP contribution in [0.3, 0.4) is 0 Å². The van der Waals surface area contributed by atoms with Gasteiger partial charge in [-0.2, -0.15) is 0 Å². The number of ether oxygens (including phenoxy) is 1. The molecule has 0 bridgehead atoms. The quantitative estimate of drug-likeness (QED) is 0.775. The summed E-state index contributed by atoms with van der Waals surface area (Å²) in [7, 11) is 0. The lowest BCUT2D eigenvalue weighted by Gasteiger charge is -2.24. The van der Waals surface area contributed by atoms with Crippen molar-refractivity contribution in [2.45, 2.75) is 6.10 Å². The third-order valence-electron chi connectivity index (χ3n) is 2.37. The van der Waals surface area contributed by atoms with Crippen molar-refractivity contribution in [2.24, 2.45) is 0 Å². The minimum absolute atomic E-state index is 0.248. The molecule has 1 aliphatic rings. The van der Waals surface area contributed by atoms with Crippen LogP contribution in [0.1, 0.15) is 11.7 Å². The third kappa shape index (κ3) is 2.07. The van der Waals surface area contributed by atoms with Gasteiger partial charge < -0.3 is 15.2 Å². The Kier molecular flexibility index (Phi) is 3.09. The maximum Gasteiger partial charge on any atom is 0.151 e. The zero-order valence-electron chi connectivity index (χ0n) is 7.96. The molecule has 0 aliphatic carbocycles. The van der Waals surface area contributed by atoms with Crippen LogP contribution in [-0.2, 0) is 4.74 Å². The first-order valence-corrected chi connectivity index (χ1v) is 5.07. The predicted octanol–water partition coefficient (Wildman–Crippen LogP) is 1.85. The second-order valence-electron chi connectivity index (χ2n) is 3.37. The van der Waals surface area contributed by atoms with Crippen molar-refractivity contribution in [3.05, 3.63) is 28.5 Å². The van der Waals surface area contributed by atoms with Crippen LogP contribution >= 0.6 is 11.6 Å². The highest BCUT2D eigenvalue weighted by molar-refractivity contribution is 6.32. The van der Waals surface area contributed by atoms with E-state index in [1.807, 2.05) is 0 Å². The first-order valence-electron chi connectivity index (χ1n) is 4.69. The van der Waals surface area contributed by atoms with Gasteiger partial charge in [0, 0.05) is 18.7 Å². The Morgan fingerprint density at radius 3 is 3.00 bits per heavy atom. The monoisotopic (exact) mass is 231 g/mol. The largest absolute Gasteiger partial charge is 0.506 e. The van der Waals surface area contributed by atoms with Crippen molar-refractivity contribution < 1.29 is 14.2 Å². The Labute approximate surface area is 91.8 Å². The molecule has 1 fully saturated rings. The standard InChI is InChI=1S/C10H11ClFNO2/c11-9-7(14)2-1-6(10(9)12)8-5-13-3-4-15-8/h1-2,8,13-14H,3-5H2. The molecule has 0 spiro atoms. The average molecular weight is 232 g/mol. The van der Waals surface area contributed by atoms with E-state index in [0.717, 1.165) is 6.54 Å². The van der Waals surface area contributed by atoms with Crippen molar-refractivity contribution >= 4 is 11.6 Å². The molecule has 82 valence electrons. The van der Waals surface area contributed by atoms with Crippen LogP contribution in [0.5, 0.6) is 5.75 Å². The van der Waals surface area contributed by atoms with Gasteiger partial charge in [-0.15, -0.1) is 0 Å². The van der Waals surface area contributed by atoms with E-state index in [9.17, 15) is 9.50 Å². The zero-order valence-corrected chi connectivity index (χ0v) is 8.72. The molecular formula is C10H11ClFNO2. The molecule has 0 radical (unpaired) electrons. The zero-order chi connectivity index (χ0) is 10.8. The number of nitrogens with one attached hydrogen (secondary N) is 1. The molecular weight excluding hydrogens is 221 g/mol. The number of halogens is 2. The molecule has 0 amide bonds. The molecule has 5 heteroatoms. The van der Waals surface area contributed by atoms with Crippen LogP contribution < -0.4 is 5.32 Å². The van der Waals surface area contributed by atoms with Gasteiger partial charge in [-0.25, -0.2) is 4.39 Å².